The molecule has 0 atom stereocenters. The van der Waals surface area contributed by atoms with E-state index < -0.39 is 0 Å². The lowest BCUT2D eigenvalue weighted by atomic mass is 10.1. The smallest absolute Gasteiger partial charge is 0.211 e. The maximum Gasteiger partial charge on any atom is 0.211 e. The molecule has 0 radical (unpaired) electrons. The van der Waals surface area contributed by atoms with Gasteiger partial charge in [0, 0.05) is 18.8 Å². The Balaban J connectivity index is 1.86. The number of nitrogens with one attached hydrogen (secondary N) is 1. The summed E-state index contributed by atoms with van der Waals surface area (Å²) < 4.78 is 0. The van der Waals surface area contributed by atoms with E-state index in [2.05, 4.69) is 59.6 Å². The summed E-state index contributed by atoms with van der Waals surface area (Å²) in [5, 5.41) is 2.71. The van der Waals surface area contributed by atoms with E-state index in [0.717, 1.165) is 44.6 Å². The topological polar surface area (TPSA) is 32.3 Å². The fraction of sp³-hybridized carbons (Fsp3) is 0.350. The third-order valence-electron chi connectivity index (χ3n) is 3.97. The summed E-state index contributed by atoms with van der Waals surface area (Å²) in [7, 11) is 0. The number of anilines is 1. The molecule has 1 amide bonds. The van der Waals surface area contributed by atoms with Gasteiger partial charge in [-0.15, -0.1) is 0 Å². The fourth-order valence-corrected chi connectivity index (χ4v) is 2.76. The van der Waals surface area contributed by atoms with E-state index in [-0.39, 0.29) is 0 Å². The van der Waals surface area contributed by atoms with Gasteiger partial charge in [-0.2, -0.15) is 0 Å². The summed E-state index contributed by atoms with van der Waals surface area (Å²) in [4.78, 5) is 13.1. The van der Waals surface area contributed by atoms with Crippen LogP contribution in [-0.2, 0) is 17.6 Å². The second-order valence-electron chi connectivity index (χ2n) is 5.79. The van der Waals surface area contributed by atoms with Crippen molar-refractivity contribution in [2.45, 2.75) is 26.2 Å². The largest absolute Gasteiger partial charge is 0.329 e. The van der Waals surface area contributed by atoms with E-state index in [9.17, 15) is 4.79 Å². The van der Waals surface area contributed by atoms with Gasteiger partial charge in [0.25, 0.3) is 0 Å². The number of carbonyl (C=O) groups is 1. The van der Waals surface area contributed by atoms with Gasteiger partial charge in [0.05, 0.1) is 0 Å². The second-order valence-corrected chi connectivity index (χ2v) is 5.79. The van der Waals surface area contributed by atoms with E-state index in [4.69, 9.17) is 0 Å². The first kappa shape index (κ1) is 17.2. The maximum absolute atomic E-state index is 10.5. The Morgan fingerprint density at radius 3 is 2.30 bits per heavy atom. The Morgan fingerprint density at radius 2 is 1.61 bits per heavy atom. The van der Waals surface area contributed by atoms with Gasteiger partial charge in [0.15, 0.2) is 0 Å². The predicted octanol–water partition coefficient (Wildman–Crippen LogP) is 3.75. The number of benzene rings is 2. The standard InChI is InChI=1S/C20H26N2O/c1-2-13-22(14-11-18-7-4-3-5-8-18)15-12-19-9-6-10-20(16-19)21-17-23/h3-10,16-17H,2,11-15H2,1H3,(H,21,23). The van der Waals surface area contributed by atoms with Gasteiger partial charge in [0.2, 0.25) is 6.41 Å². The normalized spacial score (nSPS) is 10.7. The lowest BCUT2D eigenvalue weighted by molar-refractivity contribution is -0.105. The molecule has 3 nitrogen and oxygen atoms in total. The zero-order chi connectivity index (χ0) is 16.3. The molecule has 23 heavy (non-hydrogen) atoms. The first-order valence-corrected chi connectivity index (χ1v) is 8.37. The van der Waals surface area contributed by atoms with E-state index in [1.165, 1.54) is 17.5 Å². The molecular weight excluding hydrogens is 284 g/mol. The van der Waals surface area contributed by atoms with Crippen LogP contribution in [0.25, 0.3) is 0 Å². The molecule has 0 spiro atoms. The van der Waals surface area contributed by atoms with Crippen molar-refractivity contribution in [3.8, 4) is 0 Å². The summed E-state index contributed by atoms with van der Waals surface area (Å²) in [5.41, 5.74) is 3.52. The highest BCUT2D eigenvalue weighted by atomic mass is 16.1. The number of nitrogens with zero attached hydrogens (tertiary/aromatic N) is 1. The predicted molar refractivity (Wildman–Crippen MR) is 96.7 cm³/mol. The Kier molecular flexibility index (Phi) is 7.34. The third-order valence-corrected chi connectivity index (χ3v) is 3.97. The monoisotopic (exact) mass is 310 g/mol. The van der Waals surface area contributed by atoms with Crippen molar-refractivity contribution in [2.75, 3.05) is 25.0 Å². The molecule has 2 aromatic rings. The van der Waals surface area contributed by atoms with Gasteiger partial charge in [-0.05, 0) is 49.1 Å². The van der Waals surface area contributed by atoms with Crippen molar-refractivity contribution in [3.63, 3.8) is 0 Å². The highest BCUT2D eigenvalue weighted by Crippen LogP contribution is 2.11. The average molecular weight is 310 g/mol. The summed E-state index contributed by atoms with van der Waals surface area (Å²) in [6.45, 7) is 5.48. The summed E-state index contributed by atoms with van der Waals surface area (Å²) >= 11 is 0. The molecule has 0 heterocycles. The maximum atomic E-state index is 10.5. The molecule has 0 aromatic heterocycles. The third kappa shape index (κ3) is 6.25. The SMILES string of the molecule is CCCN(CCc1ccccc1)CCc1cccc(NC=O)c1. The molecule has 0 aliphatic carbocycles. The molecule has 122 valence electrons. The number of hydrogen-bond donors (Lipinski definition) is 1. The molecule has 1 N–H and O–H groups in total. The van der Waals surface area contributed by atoms with Crippen LogP contribution in [0.3, 0.4) is 0 Å². The van der Waals surface area contributed by atoms with Crippen LogP contribution in [-0.4, -0.2) is 30.9 Å². The summed E-state index contributed by atoms with van der Waals surface area (Å²) in [5.74, 6) is 0. The van der Waals surface area contributed by atoms with Crippen molar-refractivity contribution < 1.29 is 4.79 Å². The minimum atomic E-state index is 0.725. The zero-order valence-electron chi connectivity index (χ0n) is 13.9. The minimum Gasteiger partial charge on any atom is -0.329 e. The molecular formula is C20H26N2O. The number of rotatable bonds is 10. The van der Waals surface area contributed by atoms with Gasteiger partial charge in [-0.1, -0.05) is 49.4 Å². The van der Waals surface area contributed by atoms with Crippen molar-refractivity contribution in [1.82, 2.24) is 4.90 Å². The van der Waals surface area contributed by atoms with E-state index >= 15 is 0 Å². The first-order chi connectivity index (χ1) is 11.3. The number of amides is 1. The van der Waals surface area contributed by atoms with Crippen molar-refractivity contribution >= 4 is 12.1 Å². The molecule has 0 saturated heterocycles. The van der Waals surface area contributed by atoms with Crippen LogP contribution < -0.4 is 5.32 Å². The first-order valence-electron chi connectivity index (χ1n) is 8.37. The molecule has 0 aliphatic heterocycles. The highest BCUT2D eigenvalue weighted by Gasteiger charge is 2.05. The van der Waals surface area contributed by atoms with E-state index in [1.807, 2.05) is 12.1 Å². The molecule has 0 fully saturated rings. The molecule has 0 unspecified atom stereocenters. The molecule has 3 heteroatoms. The van der Waals surface area contributed by atoms with Crippen molar-refractivity contribution in [3.05, 3.63) is 65.7 Å². The van der Waals surface area contributed by atoms with Gasteiger partial charge in [-0.25, -0.2) is 0 Å². The lowest BCUT2D eigenvalue weighted by Crippen LogP contribution is -2.29. The van der Waals surface area contributed by atoms with Gasteiger partial charge < -0.3 is 10.2 Å². The molecule has 0 bridgehead atoms. The van der Waals surface area contributed by atoms with Crippen LogP contribution in [0.15, 0.2) is 54.6 Å². The quantitative estimate of drug-likeness (QED) is 0.678. The van der Waals surface area contributed by atoms with Gasteiger partial charge >= 0.3 is 0 Å². The Labute approximate surface area is 139 Å². The summed E-state index contributed by atoms with van der Waals surface area (Å²) in [6.07, 6.45) is 3.99. The fourth-order valence-electron chi connectivity index (χ4n) is 2.76. The van der Waals surface area contributed by atoms with Crippen LogP contribution in [0.1, 0.15) is 24.5 Å². The van der Waals surface area contributed by atoms with Crippen LogP contribution in [0.4, 0.5) is 5.69 Å². The van der Waals surface area contributed by atoms with Crippen LogP contribution in [0.2, 0.25) is 0 Å². The number of carbonyl (C=O) groups excluding carboxylic acids is 1. The van der Waals surface area contributed by atoms with E-state index in [0.29, 0.717) is 0 Å². The molecule has 0 saturated carbocycles. The second kappa shape index (κ2) is 9.80. The molecule has 0 aliphatic rings. The lowest BCUT2D eigenvalue weighted by Gasteiger charge is -2.22. The van der Waals surface area contributed by atoms with Gasteiger partial charge in [0.1, 0.15) is 0 Å². The zero-order valence-corrected chi connectivity index (χ0v) is 13.9. The minimum absolute atomic E-state index is 0.725. The summed E-state index contributed by atoms with van der Waals surface area (Å²) in [6, 6.07) is 18.7. The van der Waals surface area contributed by atoms with Crippen LogP contribution >= 0.6 is 0 Å². The Bertz CT molecular complexity index is 583. The number of hydrogen-bond acceptors (Lipinski definition) is 2. The van der Waals surface area contributed by atoms with Crippen molar-refractivity contribution in [2.24, 2.45) is 0 Å². The van der Waals surface area contributed by atoms with E-state index in [1.54, 1.807) is 0 Å². The van der Waals surface area contributed by atoms with Crippen LogP contribution in [0.5, 0.6) is 0 Å². The Morgan fingerprint density at radius 1 is 0.913 bits per heavy atom. The Hall–Kier alpha value is -2.13. The van der Waals surface area contributed by atoms with Crippen molar-refractivity contribution in [1.29, 1.82) is 0 Å². The molecule has 2 rings (SSSR count). The highest BCUT2D eigenvalue weighted by molar-refractivity contribution is 5.71. The molecule has 2 aromatic carbocycles. The average Bonchev–Trinajstić information content (AvgIpc) is 2.59. The van der Waals surface area contributed by atoms with Gasteiger partial charge in [-0.3, -0.25) is 4.79 Å². The van der Waals surface area contributed by atoms with Crippen LogP contribution in [0, 0.1) is 0 Å².